The maximum Gasteiger partial charge on any atom is 0.236 e. The van der Waals surface area contributed by atoms with Crippen molar-refractivity contribution in [2.24, 2.45) is 0 Å². The van der Waals surface area contributed by atoms with Gasteiger partial charge in [-0.25, -0.2) is 4.98 Å². The van der Waals surface area contributed by atoms with Crippen molar-refractivity contribution < 1.29 is 9.15 Å². The first-order valence-electron chi connectivity index (χ1n) is 10.5. The first-order valence-corrected chi connectivity index (χ1v) is 10.5. The highest BCUT2D eigenvalue weighted by molar-refractivity contribution is 5.80. The summed E-state index contributed by atoms with van der Waals surface area (Å²) in [6.45, 7) is 5.47. The highest BCUT2D eigenvalue weighted by Crippen LogP contribution is 2.36. The van der Waals surface area contributed by atoms with Crippen LogP contribution in [0.1, 0.15) is 18.7 Å². The summed E-state index contributed by atoms with van der Waals surface area (Å²) >= 11 is 0. The number of nitrogens with zero attached hydrogens (tertiary/aromatic N) is 8. The first kappa shape index (κ1) is 18.3. The van der Waals surface area contributed by atoms with E-state index in [1.807, 2.05) is 42.2 Å². The van der Waals surface area contributed by atoms with Gasteiger partial charge in [0.25, 0.3) is 0 Å². The van der Waals surface area contributed by atoms with Crippen molar-refractivity contribution in [1.82, 2.24) is 29.7 Å². The standard InChI is InChI=1S/C21H22N8O2/c1-2-18-25-26-19(31-18)12-27-11-15-13-30-8-7-28(15)20-17(27)10-23-21(24-20)29-6-4-14-9-22-5-3-16(14)29/h3-6,9-10,15H,2,7-8,11-13H2,1H3/t15-/m1/s1. The van der Waals surface area contributed by atoms with Gasteiger partial charge in [0.2, 0.25) is 17.7 Å². The van der Waals surface area contributed by atoms with Gasteiger partial charge >= 0.3 is 0 Å². The second-order valence-corrected chi connectivity index (χ2v) is 7.74. The Balaban J connectivity index is 1.41. The minimum absolute atomic E-state index is 0.211. The Morgan fingerprint density at radius 1 is 1.16 bits per heavy atom. The van der Waals surface area contributed by atoms with Crippen LogP contribution in [0.4, 0.5) is 11.5 Å². The number of pyridine rings is 1. The molecule has 6 rings (SSSR count). The first-order chi connectivity index (χ1) is 15.3. The lowest BCUT2D eigenvalue weighted by Crippen LogP contribution is -2.55. The maximum atomic E-state index is 5.76. The van der Waals surface area contributed by atoms with Crippen LogP contribution in [-0.4, -0.2) is 62.1 Å². The smallest absolute Gasteiger partial charge is 0.236 e. The molecular formula is C21H22N8O2. The molecule has 0 saturated carbocycles. The molecule has 6 heterocycles. The summed E-state index contributed by atoms with van der Waals surface area (Å²) in [6.07, 6.45) is 8.23. The third-order valence-electron chi connectivity index (χ3n) is 5.85. The SMILES string of the molecule is CCc1nnc(CN2C[C@@H]3COCCN3c3nc(-n4ccc5cnccc54)ncc32)o1. The number of hydrogen-bond donors (Lipinski definition) is 0. The molecule has 10 heteroatoms. The second-order valence-electron chi connectivity index (χ2n) is 7.74. The molecule has 1 fully saturated rings. The van der Waals surface area contributed by atoms with E-state index in [2.05, 4.69) is 25.0 Å². The van der Waals surface area contributed by atoms with Crippen molar-refractivity contribution in [2.75, 3.05) is 36.1 Å². The van der Waals surface area contributed by atoms with Gasteiger partial charge in [-0.2, -0.15) is 4.98 Å². The summed E-state index contributed by atoms with van der Waals surface area (Å²) in [4.78, 5) is 18.4. The van der Waals surface area contributed by atoms with Gasteiger partial charge in [0.1, 0.15) is 0 Å². The van der Waals surface area contributed by atoms with Crippen molar-refractivity contribution in [2.45, 2.75) is 25.9 Å². The monoisotopic (exact) mass is 418 g/mol. The highest BCUT2D eigenvalue weighted by Gasteiger charge is 2.35. The normalized spacial score (nSPS) is 18.3. The Kier molecular flexibility index (Phi) is 4.30. The molecule has 1 atom stereocenters. The van der Waals surface area contributed by atoms with E-state index >= 15 is 0 Å². The average molecular weight is 418 g/mol. The maximum absolute atomic E-state index is 5.76. The summed E-state index contributed by atoms with van der Waals surface area (Å²) in [5.74, 6) is 2.80. The third-order valence-corrected chi connectivity index (χ3v) is 5.85. The van der Waals surface area contributed by atoms with E-state index in [1.165, 1.54) is 0 Å². The number of aryl methyl sites for hydroxylation is 1. The molecule has 10 nitrogen and oxygen atoms in total. The van der Waals surface area contributed by atoms with Crippen LogP contribution >= 0.6 is 0 Å². The zero-order valence-electron chi connectivity index (χ0n) is 17.2. The molecule has 0 N–H and O–H groups in total. The minimum atomic E-state index is 0.211. The van der Waals surface area contributed by atoms with Gasteiger partial charge in [-0.3, -0.25) is 9.55 Å². The molecule has 0 unspecified atom stereocenters. The second kappa shape index (κ2) is 7.31. The van der Waals surface area contributed by atoms with Gasteiger partial charge in [-0.05, 0) is 12.1 Å². The molecule has 0 bridgehead atoms. The van der Waals surface area contributed by atoms with Crippen molar-refractivity contribution in [3.63, 3.8) is 0 Å². The van der Waals surface area contributed by atoms with Crippen LogP contribution in [0.5, 0.6) is 0 Å². The lowest BCUT2D eigenvalue weighted by Gasteiger charge is -2.45. The summed E-state index contributed by atoms with van der Waals surface area (Å²) in [5, 5.41) is 9.35. The Labute approximate surface area is 178 Å². The molecule has 2 aliphatic heterocycles. The van der Waals surface area contributed by atoms with Crippen molar-refractivity contribution in [3.8, 4) is 5.95 Å². The van der Waals surface area contributed by atoms with E-state index in [9.17, 15) is 0 Å². The van der Waals surface area contributed by atoms with Gasteiger partial charge in [0.05, 0.1) is 43.2 Å². The lowest BCUT2D eigenvalue weighted by molar-refractivity contribution is 0.0934. The van der Waals surface area contributed by atoms with E-state index in [0.29, 0.717) is 37.5 Å². The average Bonchev–Trinajstić information content (AvgIpc) is 3.46. The lowest BCUT2D eigenvalue weighted by atomic mass is 10.1. The molecule has 0 aliphatic carbocycles. The van der Waals surface area contributed by atoms with Crippen molar-refractivity contribution in [1.29, 1.82) is 0 Å². The zero-order chi connectivity index (χ0) is 20.8. The summed E-state index contributed by atoms with van der Waals surface area (Å²) in [5.41, 5.74) is 2.00. The van der Waals surface area contributed by atoms with Crippen LogP contribution in [0, 0.1) is 0 Å². The quantitative estimate of drug-likeness (QED) is 0.493. The number of anilines is 2. The molecular weight excluding hydrogens is 396 g/mol. The Morgan fingerprint density at radius 3 is 3.00 bits per heavy atom. The van der Waals surface area contributed by atoms with E-state index in [0.717, 1.165) is 41.9 Å². The van der Waals surface area contributed by atoms with E-state index in [4.69, 9.17) is 19.1 Å². The number of morpholine rings is 1. The third kappa shape index (κ3) is 3.10. The predicted octanol–water partition coefficient (Wildman–Crippen LogP) is 1.99. The van der Waals surface area contributed by atoms with Crippen LogP contribution in [-0.2, 0) is 17.7 Å². The summed E-state index contributed by atoms with van der Waals surface area (Å²) < 4.78 is 13.5. The minimum Gasteiger partial charge on any atom is -0.423 e. The molecule has 4 aromatic rings. The molecule has 0 aromatic carbocycles. The number of rotatable bonds is 4. The fourth-order valence-electron chi connectivity index (χ4n) is 4.31. The number of fused-ring (bicyclic) bond motifs is 4. The fraction of sp³-hybridized carbons (Fsp3) is 0.381. The van der Waals surface area contributed by atoms with Crippen LogP contribution < -0.4 is 9.80 Å². The summed E-state index contributed by atoms with van der Waals surface area (Å²) in [7, 11) is 0. The molecule has 0 spiro atoms. The molecule has 31 heavy (non-hydrogen) atoms. The van der Waals surface area contributed by atoms with Gasteiger partial charge in [-0.15, -0.1) is 10.2 Å². The van der Waals surface area contributed by atoms with E-state index < -0.39 is 0 Å². The van der Waals surface area contributed by atoms with E-state index in [1.54, 1.807) is 6.20 Å². The van der Waals surface area contributed by atoms with Gasteiger partial charge < -0.3 is 19.0 Å². The van der Waals surface area contributed by atoms with Gasteiger partial charge in [0, 0.05) is 43.5 Å². The summed E-state index contributed by atoms with van der Waals surface area (Å²) in [6, 6.07) is 4.21. The number of hydrogen-bond acceptors (Lipinski definition) is 9. The molecule has 2 aliphatic rings. The Bertz CT molecular complexity index is 1240. The highest BCUT2D eigenvalue weighted by atomic mass is 16.5. The van der Waals surface area contributed by atoms with Crippen molar-refractivity contribution in [3.05, 3.63) is 48.7 Å². The topological polar surface area (TPSA) is 98.2 Å². The predicted molar refractivity (Wildman–Crippen MR) is 113 cm³/mol. The van der Waals surface area contributed by atoms with Crippen molar-refractivity contribution >= 4 is 22.4 Å². The Morgan fingerprint density at radius 2 is 2.10 bits per heavy atom. The molecule has 0 amide bonds. The number of ether oxygens (including phenoxy) is 1. The molecule has 0 radical (unpaired) electrons. The molecule has 1 saturated heterocycles. The number of aromatic nitrogens is 6. The van der Waals surface area contributed by atoms with Crippen LogP contribution in [0.15, 0.2) is 41.3 Å². The van der Waals surface area contributed by atoms with Crippen LogP contribution in [0.2, 0.25) is 0 Å². The van der Waals surface area contributed by atoms with Crippen LogP contribution in [0.3, 0.4) is 0 Å². The van der Waals surface area contributed by atoms with E-state index in [-0.39, 0.29) is 6.04 Å². The zero-order valence-corrected chi connectivity index (χ0v) is 17.2. The molecule has 158 valence electrons. The van der Waals surface area contributed by atoms with Gasteiger partial charge in [0.15, 0.2) is 5.82 Å². The molecule has 4 aromatic heterocycles. The fourth-order valence-corrected chi connectivity index (χ4v) is 4.31. The Hall–Kier alpha value is -3.53. The van der Waals surface area contributed by atoms with Gasteiger partial charge in [-0.1, -0.05) is 6.92 Å². The largest absolute Gasteiger partial charge is 0.423 e. The van der Waals surface area contributed by atoms with Crippen LogP contribution in [0.25, 0.3) is 16.9 Å².